The van der Waals surface area contributed by atoms with Crippen molar-refractivity contribution in [3.05, 3.63) is 29.6 Å². The summed E-state index contributed by atoms with van der Waals surface area (Å²) in [4.78, 5) is 6.75. The molecule has 4 nitrogen and oxygen atoms in total. The Hall–Kier alpha value is -0.970. The highest BCUT2D eigenvalue weighted by Crippen LogP contribution is 2.14. The van der Waals surface area contributed by atoms with Gasteiger partial charge < -0.3 is 10.8 Å². The summed E-state index contributed by atoms with van der Waals surface area (Å²) in [5, 5.41) is 9.70. The lowest BCUT2D eigenvalue weighted by molar-refractivity contribution is 0.0955. The Kier molecular flexibility index (Phi) is 7.13. The minimum absolute atomic E-state index is 0.00948. The molecule has 2 atom stereocenters. The van der Waals surface area contributed by atoms with E-state index in [4.69, 9.17) is 5.73 Å². The van der Waals surface area contributed by atoms with E-state index in [0.717, 1.165) is 30.9 Å². The molecule has 0 saturated heterocycles. The maximum Gasteiger partial charge on any atom is 0.0602 e. The number of nitrogens with zero attached hydrogens (tertiary/aromatic N) is 2. The highest BCUT2D eigenvalue weighted by Gasteiger charge is 2.24. The van der Waals surface area contributed by atoms with Crippen LogP contribution in [0.25, 0.3) is 0 Å². The molecule has 3 N–H and O–H groups in total. The molecule has 1 rings (SSSR count). The summed E-state index contributed by atoms with van der Waals surface area (Å²) in [6, 6.07) is 6.02. The molecule has 0 fully saturated rings. The number of likely N-dealkylation sites (N-methyl/N-ethyl adjacent to an activating group) is 1. The molecule has 0 saturated carbocycles. The van der Waals surface area contributed by atoms with Crippen LogP contribution in [0.1, 0.15) is 38.6 Å². The van der Waals surface area contributed by atoms with Gasteiger partial charge in [-0.3, -0.25) is 9.88 Å². The Labute approximate surface area is 123 Å². The Morgan fingerprint density at radius 1 is 1.35 bits per heavy atom. The number of hydrogen-bond acceptors (Lipinski definition) is 4. The smallest absolute Gasteiger partial charge is 0.0602 e. The van der Waals surface area contributed by atoms with Crippen molar-refractivity contribution in [1.82, 2.24) is 9.88 Å². The number of pyridine rings is 1. The zero-order chi connectivity index (χ0) is 15.1. The molecule has 0 aliphatic carbocycles. The summed E-state index contributed by atoms with van der Waals surface area (Å²) in [6.07, 6.45) is 0.920. The van der Waals surface area contributed by atoms with Gasteiger partial charge in [-0.15, -0.1) is 0 Å². The van der Waals surface area contributed by atoms with Gasteiger partial charge >= 0.3 is 0 Å². The molecular weight excluding hydrogens is 250 g/mol. The Morgan fingerprint density at radius 2 is 2.05 bits per heavy atom. The van der Waals surface area contributed by atoms with Crippen LogP contribution < -0.4 is 5.73 Å². The van der Waals surface area contributed by atoms with E-state index in [1.165, 1.54) is 0 Å². The standard InChI is InChI=1S/C16H29N3O/c1-5-19(10-14-8-6-7-13(4)18-14)16(11-20)15(17)9-12(2)3/h6-8,12,15-16,20H,5,9-11,17H2,1-4H3. The number of rotatable bonds is 8. The molecule has 0 amide bonds. The van der Waals surface area contributed by atoms with Gasteiger partial charge in [-0.2, -0.15) is 0 Å². The van der Waals surface area contributed by atoms with E-state index in [-0.39, 0.29) is 18.7 Å². The Morgan fingerprint density at radius 3 is 2.55 bits per heavy atom. The average Bonchev–Trinajstić information content (AvgIpc) is 2.37. The third kappa shape index (κ3) is 5.19. The fraction of sp³-hybridized carbons (Fsp3) is 0.688. The fourth-order valence-corrected chi connectivity index (χ4v) is 2.58. The molecule has 1 heterocycles. The van der Waals surface area contributed by atoms with Crippen molar-refractivity contribution in [3.63, 3.8) is 0 Å². The van der Waals surface area contributed by atoms with Gasteiger partial charge in [-0.05, 0) is 37.9 Å². The van der Waals surface area contributed by atoms with E-state index in [0.29, 0.717) is 5.92 Å². The van der Waals surface area contributed by atoms with Crippen LogP contribution in [-0.2, 0) is 6.54 Å². The maximum atomic E-state index is 9.70. The van der Waals surface area contributed by atoms with Gasteiger partial charge in [0.2, 0.25) is 0 Å². The third-order valence-corrected chi connectivity index (χ3v) is 3.61. The number of aliphatic hydroxyl groups excluding tert-OH is 1. The lowest BCUT2D eigenvalue weighted by Gasteiger charge is -2.34. The van der Waals surface area contributed by atoms with Gasteiger partial charge in [0.1, 0.15) is 0 Å². The van der Waals surface area contributed by atoms with Crippen molar-refractivity contribution in [1.29, 1.82) is 0 Å². The van der Waals surface area contributed by atoms with Gasteiger partial charge in [0.25, 0.3) is 0 Å². The number of nitrogens with two attached hydrogens (primary N) is 1. The number of aliphatic hydroxyl groups is 1. The van der Waals surface area contributed by atoms with Crippen LogP contribution in [-0.4, -0.2) is 40.2 Å². The second-order valence-electron chi connectivity index (χ2n) is 5.88. The molecular formula is C16H29N3O. The molecule has 0 aromatic carbocycles. The van der Waals surface area contributed by atoms with Gasteiger partial charge in [-0.1, -0.05) is 26.8 Å². The second-order valence-corrected chi connectivity index (χ2v) is 5.88. The first-order chi connectivity index (χ1) is 9.47. The lowest BCUT2D eigenvalue weighted by atomic mass is 9.97. The molecule has 0 aliphatic heterocycles. The maximum absolute atomic E-state index is 9.70. The summed E-state index contributed by atoms with van der Waals surface area (Å²) in [7, 11) is 0. The van der Waals surface area contributed by atoms with Crippen molar-refractivity contribution < 1.29 is 5.11 Å². The highest BCUT2D eigenvalue weighted by atomic mass is 16.3. The minimum atomic E-state index is -0.00953. The number of aryl methyl sites for hydroxylation is 1. The van der Waals surface area contributed by atoms with Crippen LogP contribution in [0.2, 0.25) is 0 Å². The third-order valence-electron chi connectivity index (χ3n) is 3.61. The fourth-order valence-electron chi connectivity index (χ4n) is 2.58. The van der Waals surface area contributed by atoms with Crippen molar-refractivity contribution in [2.24, 2.45) is 11.7 Å². The van der Waals surface area contributed by atoms with Gasteiger partial charge in [0.15, 0.2) is 0 Å². The first-order valence-corrected chi connectivity index (χ1v) is 7.50. The van der Waals surface area contributed by atoms with Crippen LogP contribution in [0, 0.1) is 12.8 Å². The van der Waals surface area contributed by atoms with Crippen LogP contribution in [0.5, 0.6) is 0 Å². The first kappa shape index (κ1) is 17.1. The normalized spacial score (nSPS) is 14.8. The SMILES string of the molecule is CCN(Cc1cccc(C)n1)C(CO)C(N)CC(C)C. The topological polar surface area (TPSA) is 62.4 Å². The molecule has 1 aromatic rings. The summed E-state index contributed by atoms with van der Waals surface area (Å²) in [6.45, 7) is 10.1. The zero-order valence-electron chi connectivity index (χ0n) is 13.2. The molecule has 2 unspecified atom stereocenters. The molecule has 0 radical (unpaired) electrons. The van der Waals surface area contributed by atoms with E-state index in [1.807, 2.05) is 25.1 Å². The van der Waals surface area contributed by atoms with Gasteiger partial charge in [0, 0.05) is 24.3 Å². The molecule has 0 spiro atoms. The van der Waals surface area contributed by atoms with Gasteiger partial charge in [-0.25, -0.2) is 0 Å². The first-order valence-electron chi connectivity index (χ1n) is 7.50. The van der Waals surface area contributed by atoms with E-state index in [9.17, 15) is 5.11 Å². The summed E-state index contributed by atoms with van der Waals surface area (Å²) < 4.78 is 0. The predicted molar refractivity (Wildman–Crippen MR) is 83.4 cm³/mol. The average molecular weight is 279 g/mol. The molecule has 20 heavy (non-hydrogen) atoms. The Balaban J connectivity index is 2.76. The summed E-state index contributed by atoms with van der Waals surface area (Å²) in [5.41, 5.74) is 8.32. The van der Waals surface area contributed by atoms with Crippen molar-refractivity contribution in [2.75, 3.05) is 13.2 Å². The van der Waals surface area contributed by atoms with Gasteiger partial charge in [0.05, 0.1) is 12.3 Å². The van der Waals surface area contributed by atoms with Crippen LogP contribution in [0.3, 0.4) is 0 Å². The van der Waals surface area contributed by atoms with Crippen LogP contribution in [0.15, 0.2) is 18.2 Å². The summed E-state index contributed by atoms with van der Waals surface area (Å²) in [5.74, 6) is 0.537. The van der Waals surface area contributed by atoms with E-state index in [2.05, 4.69) is 30.7 Å². The molecule has 114 valence electrons. The van der Waals surface area contributed by atoms with Crippen LogP contribution in [0.4, 0.5) is 0 Å². The van der Waals surface area contributed by atoms with Crippen molar-refractivity contribution in [2.45, 2.75) is 52.7 Å². The zero-order valence-corrected chi connectivity index (χ0v) is 13.2. The predicted octanol–water partition coefficient (Wildman–Crippen LogP) is 1.95. The molecule has 4 heteroatoms. The molecule has 0 bridgehead atoms. The number of aromatic nitrogens is 1. The van der Waals surface area contributed by atoms with E-state index >= 15 is 0 Å². The van der Waals surface area contributed by atoms with Crippen LogP contribution >= 0.6 is 0 Å². The monoisotopic (exact) mass is 279 g/mol. The van der Waals surface area contributed by atoms with E-state index < -0.39 is 0 Å². The van der Waals surface area contributed by atoms with E-state index in [1.54, 1.807) is 0 Å². The lowest BCUT2D eigenvalue weighted by Crippen LogP contribution is -2.50. The van der Waals surface area contributed by atoms with Crippen molar-refractivity contribution >= 4 is 0 Å². The molecule has 1 aromatic heterocycles. The Bertz CT molecular complexity index is 395. The quantitative estimate of drug-likeness (QED) is 0.763. The molecule has 0 aliphatic rings. The summed E-state index contributed by atoms with van der Waals surface area (Å²) >= 11 is 0. The van der Waals surface area contributed by atoms with Crippen molar-refractivity contribution in [3.8, 4) is 0 Å². The largest absolute Gasteiger partial charge is 0.395 e. The minimum Gasteiger partial charge on any atom is -0.395 e. The number of hydrogen-bond donors (Lipinski definition) is 2. The highest BCUT2D eigenvalue weighted by molar-refractivity contribution is 5.10. The second kappa shape index (κ2) is 8.35.